The summed E-state index contributed by atoms with van der Waals surface area (Å²) in [6.45, 7) is 2.16. The largest absolute Gasteiger partial charge is 0.495 e. The number of methoxy groups -OCH3 is 1. The highest BCUT2D eigenvalue weighted by molar-refractivity contribution is 7.18. The van der Waals surface area contributed by atoms with Crippen molar-refractivity contribution in [1.82, 2.24) is 9.97 Å². The number of thiophene rings is 1. The number of para-hydroxylation sites is 2. The zero-order chi connectivity index (χ0) is 18.8. The second kappa shape index (κ2) is 7.52. The maximum Gasteiger partial charge on any atom is 0.262 e. The fraction of sp³-hybridized carbons (Fsp3) is 0.350. The van der Waals surface area contributed by atoms with Crippen LogP contribution in [0.2, 0.25) is 0 Å². The van der Waals surface area contributed by atoms with Crippen LogP contribution in [0.1, 0.15) is 23.8 Å². The first-order valence-corrected chi connectivity index (χ1v) is 9.78. The molecular weight excluding hydrogens is 362 g/mol. The van der Waals surface area contributed by atoms with Crippen LogP contribution >= 0.6 is 11.3 Å². The van der Waals surface area contributed by atoms with E-state index in [0.29, 0.717) is 23.2 Å². The molecule has 3 aromatic rings. The lowest BCUT2D eigenvalue weighted by atomic mass is 9.89. The molecular formula is C20H21N3O3S. The summed E-state index contributed by atoms with van der Waals surface area (Å²) >= 11 is 1.71. The minimum Gasteiger partial charge on any atom is -0.495 e. The summed E-state index contributed by atoms with van der Waals surface area (Å²) < 4.78 is 11.0. The molecule has 1 aliphatic carbocycles. The zero-order valence-electron chi connectivity index (χ0n) is 15.3. The van der Waals surface area contributed by atoms with Crippen LogP contribution in [0, 0.1) is 5.92 Å². The van der Waals surface area contributed by atoms with Gasteiger partial charge in [0.15, 0.2) is 6.61 Å². The van der Waals surface area contributed by atoms with Crippen molar-refractivity contribution in [2.75, 3.05) is 19.0 Å². The molecule has 1 atom stereocenters. The quantitative estimate of drug-likeness (QED) is 0.725. The fourth-order valence-electron chi connectivity index (χ4n) is 3.42. The van der Waals surface area contributed by atoms with Crippen LogP contribution in [0.4, 0.5) is 5.69 Å². The number of hydrogen-bond acceptors (Lipinski definition) is 6. The summed E-state index contributed by atoms with van der Waals surface area (Å²) in [5.74, 6) is 1.53. The van der Waals surface area contributed by atoms with E-state index in [1.807, 2.05) is 12.1 Å². The van der Waals surface area contributed by atoms with E-state index in [9.17, 15) is 4.79 Å². The smallest absolute Gasteiger partial charge is 0.262 e. The number of carbonyl (C=O) groups is 1. The number of anilines is 1. The van der Waals surface area contributed by atoms with Gasteiger partial charge < -0.3 is 14.8 Å². The summed E-state index contributed by atoms with van der Waals surface area (Å²) in [6.07, 6.45) is 4.74. The lowest BCUT2D eigenvalue weighted by molar-refractivity contribution is -0.118. The Labute approximate surface area is 161 Å². The Kier molecular flexibility index (Phi) is 4.94. The Morgan fingerprint density at radius 1 is 1.33 bits per heavy atom. The average Bonchev–Trinajstić information content (AvgIpc) is 3.04. The summed E-state index contributed by atoms with van der Waals surface area (Å²) in [7, 11) is 1.57. The van der Waals surface area contributed by atoms with Crippen LogP contribution in [0.25, 0.3) is 10.2 Å². The van der Waals surface area contributed by atoms with Crippen molar-refractivity contribution in [3.8, 4) is 11.6 Å². The molecule has 4 rings (SSSR count). The predicted octanol–water partition coefficient (Wildman–Crippen LogP) is 3.84. The topological polar surface area (TPSA) is 73.3 Å². The van der Waals surface area contributed by atoms with E-state index in [4.69, 9.17) is 9.47 Å². The molecule has 1 unspecified atom stereocenters. The molecule has 0 aliphatic heterocycles. The van der Waals surface area contributed by atoms with Gasteiger partial charge in [-0.1, -0.05) is 19.1 Å². The Bertz CT molecular complexity index is 986. The number of aromatic nitrogens is 2. The average molecular weight is 383 g/mol. The molecule has 1 aliphatic rings. The SMILES string of the molecule is COc1ccccc1NC(=O)COc1ncnc2sc3c(c12)CCC(C)C3. The van der Waals surface area contributed by atoms with Gasteiger partial charge in [0, 0.05) is 4.88 Å². The maximum atomic E-state index is 12.3. The van der Waals surface area contributed by atoms with Crippen molar-refractivity contribution in [2.45, 2.75) is 26.2 Å². The van der Waals surface area contributed by atoms with Crippen LogP contribution in [0.3, 0.4) is 0 Å². The molecule has 0 saturated heterocycles. The molecule has 0 bridgehead atoms. The van der Waals surface area contributed by atoms with Crippen molar-refractivity contribution in [2.24, 2.45) is 5.92 Å². The monoisotopic (exact) mass is 383 g/mol. The van der Waals surface area contributed by atoms with Crippen molar-refractivity contribution >= 4 is 33.1 Å². The van der Waals surface area contributed by atoms with E-state index in [1.54, 1.807) is 30.6 Å². The van der Waals surface area contributed by atoms with Crippen molar-refractivity contribution in [3.63, 3.8) is 0 Å². The lowest BCUT2D eigenvalue weighted by Gasteiger charge is -2.18. The van der Waals surface area contributed by atoms with Gasteiger partial charge in [0.05, 0.1) is 18.2 Å². The van der Waals surface area contributed by atoms with Gasteiger partial charge in [-0.2, -0.15) is 0 Å². The van der Waals surface area contributed by atoms with Crippen molar-refractivity contribution in [3.05, 3.63) is 41.0 Å². The summed E-state index contributed by atoms with van der Waals surface area (Å²) in [4.78, 5) is 23.3. The number of nitrogens with zero attached hydrogens (tertiary/aromatic N) is 2. The van der Waals surface area contributed by atoms with E-state index in [2.05, 4.69) is 22.2 Å². The molecule has 140 valence electrons. The standard InChI is InChI=1S/C20H21N3O3S/c1-12-7-8-13-16(9-12)27-20-18(13)19(21-11-22-20)26-10-17(24)23-14-5-3-4-6-15(14)25-2/h3-6,11-12H,7-10H2,1-2H3,(H,23,24). The first-order chi connectivity index (χ1) is 13.2. The van der Waals surface area contributed by atoms with E-state index >= 15 is 0 Å². The highest BCUT2D eigenvalue weighted by atomic mass is 32.1. The third-order valence-electron chi connectivity index (χ3n) is 4.78. The molecule has 0 spiro atoms. The maximum absolute atomic E-state index is 12.3. The van der Waals surface area contributed by atoms with Gasteiger partial charge in [0.25, 0.3) is 5.91 Å². The van der Waals surface area contributed by atoms with Crippen molar-refractivity contribution < 1.29 is 14.3 Å². The second-order valence-electron chi connectivity index (χ2n) is 6.75. The van der Waals surface area contributed by atoms with E-state index in [0.717, 1.165) is 29.5 Å². The van der Waals surface area contributed by atoms with Crippen molar-refractivity contribution in [1.29, 1.82) is 0 Å². The van der Waals surface area contributed by atoms with E-state index in [-0.39, 0.29) is 12.5 Å². The van der Waals surface area contributed by atoms with Crippen LogP contribution < -0.4 is 14.8 Å². The summed E-state index contributed by atoms with van der Waals surface area (Å²) in [6, 6.07) is 7.27. The number of nitrogens with one attached hydrogen (secondary N) is 1. The third-order valence-corrected chi connectivity index (χ3v) is 5.94. The van der Waals surface area contributed by atoms with Gasteiger partial charge in [-0.05, 0) is 42.9 Å². The molecule has 6 nitrogen and oxygen atoms in total. The summed E-state index contributed by atoms with van der Waals surface area (Å²) in [5.41, 5.74) is 1.90. The highest BCUT2D eigenvalue weighted by Crippen LogP contribution is 2.40. The molecule has 1 amide bonds. The number of hydrogen-bond donors (Lipinski definition) is 1. The Hall–Kier alpha value is -2.67. The predicted molar refractivity (Wildman–Crippen MR) is 106 cm³/mol. The first kappa shape index (κ1) is 17.7. The van der Waals surface area contributed by atoms with Crippen LogP contribution in [-0.4, -0.2) is 29.6 Å². The normalized spacial score (nSPS) is 16.0. The molecule has 1 N–H and O–H groups in total. The van der Waals surface area contributed by atoms with E-state index in [1.165, 1.54) is 16.8 Å². The third kappa shape index (κ3) is 3.60. The first-order valence-electron chi connectivity index (χ1n) is 8.96. The molecule has 0 fully saturated rings. The van der Waals surface area contributed by atoms with Gasteiger partial charge in [-0.25, -0.2) is 9.97 Å². The Morgan fingerprint density at radius 3 is 3.04 bits per heavy atom. The number of rotatable bonds is 5. The highest BCUT2D eigenvalue weighted by Gasteiger charge is 2.24. The molecule has 2 heterocycles. The minimum absolute atomic E-state index is 0.120. The number of carbonyl (C=O) groups excluding carboxylic acids is 1. The number of amides is 1. The van der Waals surface area contributed by atoms with Gasteiger partial charge in [0.2, 0.25) is 5.88 Å². The van der Waals surface area contributed by atoms with Gasteiger partial charge in [-0.15, -0.1) is 11.3 Å². The second-order valence-corrected chi connectivity index (χ2v) is 7.83. The van der Waals surface area contributed by atoms with Crippen LogP contribution in [0.15, 0.2) is 30.6 Å². The van der Waals surface area contributed by atoms with Crippen LogP contribution in [0.5, 0.6) is 11.6 Å². The van der Waals surface area contributed by atoms with E-state index < -0.39 is 0 Å². The molecule has 0 radical (unpaired) electrons. The number of fused-ring (bicyclic) bond motifs is 3. The number of benzene rings is 1. The number of aryl methyl sites for hydroxylation is 1. The number of ether oxygens (including phenoxy) is 2. The molecule has 7 heteroatoms. The van der Waals surface area contributed by atoms with Gasteiger partial charge >= 0.3 is 0 Å². The fourth-order valence-corrected chi connectivity index (χ4v) is 4.76. The zero-order valence-corrected chi connectivity index (χ0v) is 16.1. The van der Waals surface area contributed by atoms with Gasteiger partial charge in [0.1, 0.15) is 16.9 Å². The molecule has 0 saturated carbocycles. The van der Waals surface area contributed by atoms with Crippen LogP contribution in [-0.2, 0) is 17.6 Å². The molecule has 27 heavy (non-hydrogen) atoms. The Balaban J connectivity index is 1.51. The van der Waals surface area contributed by atoms with Gasteiger partial charge in [-0.3, -0.25) is 4.79 Å². The lowest BCUT2D eigenvalue weighted by Crippen LogP contribution is -2.21. The molecule has 2 aromatic heterocycles. The Morgan fingerprint density at radius 2 is 2.19 bits per heavy atom. The summed E-state index contributed by atoms with van der Waals surface area (Å²) in [5, 5.41) is 3.78. The minimum atomic E-state index is -0.260. The molecule has 1 aromatic carbocycles.